The maximum absolute atomic E-state index is 11.5. The van der Waals surface area contributed by atoms with Gasteiger partial charge >= 0.3 is 0 Å². The number of halogens is 1. The molecule has 1 N–H and O–H groups in total. The van der Waals surface area contributed by atoms with Crippen molar-refractivity contribution in [2.45, 2.75) is 52.6 Å². The average molecular weight is 475 g/mol. The van der Waals surface area contributed by atoms with Crippen LogP contribution in [-0.4, -0.2) is 43.6 Å². The molecule has 1 aliphatic heterocycles. The summed E-state index contributed by atoms with van der Waals surface area (Å²) in [6.45, 7) is 9.61. The van der Waals surface area contributed by atoms with Gasteiger partial charge in [0.2, 0.25) is 6.41 Å². The van der Waals surface area contributed by atoms with Gasteiger partial charge in [0.25, 0.3) is 0 Å². The molecule has 2 aromatic rings. The van der Waals surface area contributed by atoms with Crippen molar-refractivity contribution in [2.75, 3.05) is 26.2 Å². The Morgan fingerprint density at radius 2 is 1.83 bits per heavy atom. The number of hydrogen-bond donors (Lipinski definition) is 1. The molecule has 0 radical (unpaired) electrons. The van der Waals surface area contributed by atoms with Gasteiger partial charge in [-0.2, -0.15) is 0 Å². The highest BCUT2D eigenvalue weighted by molar-refractivity contribution is 9.10. The molecule has 0 saturated carbocycles. The van der Waals surface area contributed by atoms with E-state index in [0.29, 0.717) is 6.10 Å². The zero-order chi connectivity index (χ0) is 21.8. The zero-order valence-electron chi connectivity index (χ0n) is 18.5. The van der Waals surface area contributed by atoms with Crippen molar-refractivity contribution in [3.8, 4) is 5.75 Å². The third-order valence-electron chi connectivity index (χ3n) is 5.30. The lowest BCUT2D eigenvalue weighted by atomic mass is 10.0. The van der Waals surface area contributed by atoms with Crippen molar-refractivity contribution in [1.82, 2.24) is 10.2 Å². The predicted molar refractivity (Wildman–Crippen MR) is 128 cm³/mol. The van der Waals surface area contributed by atoms with Crippen LogP contribution in [0.1, 0.15) is 43.4 Å². The summed E-state index contributed by atoms with van der Waals surface area (Å²) < 4.78 is 7.25. The molecule has 0 atom stereocenters. The van der Waals surface area contributed by atoms with Crippen molar-refractivity contribution < 1.29 is 9.53 Å². The molecule has 5 heteroatoms. The Labute approximate surface area is 190 Å². The molecular formula is C25H35BrN2O2. The van der Waals surface area contributed by atoms with Gasteiger partial charge in [0, 0.05) is 17.6 Å². The van der Waals surface area contributed by atoms with Gasteiger partial charge in [-0.25, -0.2) is 0 Å². The van der Waals surface area contributed by atoms with E-state index in [1.54, 1.807) is 0 Å². The van der Waals surface area contributed by atoms with Crippen molar-refractivity contribution >= 4 is 22.3 Å². The van der Waals surface area contributed by atoms with Crippen molar-refractivity contribution in [1.29, 1.82) is 0 Å². The maximum atomic E-state index is 11.5. The van der Waals surface area contributed by atoms with E-state index in [1.807, 2.05) is 30.9 Å². The van der Waals surface area contributed by atoms with Gasteiger partial charge in [0.1, 0.15) is 11.9 Å². The highest BCUT2D eigenvalue weighted by Crippen LogP contribution is 2.21. The first kappa shape index (κ1) is 24.4. The summed E-state index contributed by atoms with van der Waals surface area (Å²) in [7, 11) is 0. The quantitative estimate of drug-likeness (QED) is 0.510. The van der Waals surface area contributed by atoms with E-state index < -0.39 is 0 Å². The standard InChI is InChI=1S/C23H29BrN2O2.C2H6/c1-18-5-6-23(28-22-7-11-25-12-8-22)16-20(18)10-14-26(17-27)13-9-19-3-2-4-21(24)15-19;1-2/h2-6,15-17,22,25H,7-14H2,1H3;1-2H3. The van der Waals surface area contributed by atoms with Gasteiger partial charge in [-0.15, -0.1) is 0 Å². The second kappa shape index (κ2) is 13.5. The molecular weight excluding hydrogens is 440 g/mol. The number of carbonyl (C=O) groups is 1. The molecule has 3 rings (SSSR count). The first-order valence-corrected chi connectivity index (χ1v) is 11.8. The van der Waals surface area contributed by atoms with Gasteiger partial charge < -0.3 is 15.0 Å². The van der Waals surface area contributed by atoms with Crippen molar-refractivity contribution in [3.63, 3.8) is 0 Å². The summed E-state index contributed by atoms with van der Waals surface area (Å²) in [5.41, 5.74) is 3.73. The molecule has 164 valence electrons. The predicted octanol–water partition coefficient (Wildman–Crippen LogP) is 5.16. The molecule has 1 fully saturated rings. The lowest BCUT2D eigenvalue weighted by molar-refractivity contribution is -0.118. The van der Waals surface area contributed by atoms with Gasteiger partial charge in [-0.1, -0.05) is 48.0 Å². The number of ether oxygens (including phenoxy) is 1. The van der Waals surface area contributed by atoms with E-state index in [0.717, 1.165) is 68.5 Å². The number of piperidine rings is 1. The van der Waals surface area contributed by atoms with Crippen LogP contribution in [0.2, 0.25) is 0 Å². The van der Waals surface area contributed by atoms with Crippen LogP contribution in [-0.2, 0) is 17.6 Å². The van der Waals surface area contributed by atoms with E-state index >= 15 is 0 Å². The molecule has 0 bridgehead atoms. The Morgan fingerprint density at radius 1 is 1.10 bits per heavy atom. The smallest absolute Gasteiger partial charge is 0.209 e. The molecule has 1 heterocycles. The number of amides is 1. The zero-order valence-corrected chi connectivity index (χ0v) is 20.1. The number of nitrogens with one attached hydrogen (secondary N) is 1. The van der Waals surface area contributed by atoms with Gasteiger partial charge in [0.05, 0.1) is 0 Å². The lowest BCUT2D eigenvalue weighted by Gasteiger charge is -2.24. The summed E-state index contributed by atoms with van der Waals surface area (Å²) in [6.07, 6.45) is 5.06. The normalized spacial score (nSPS) is 13.9. The summed E-state index contributed by atoms with van der Waals surface area (Å²) in [6, 6.07) is 14.6. The van der Waals surface area contributed by atoms with Crippen LogP contribution in [0, 0.1) is 6.92 Å². The van der Waals surface area contributed by atoms with Gasteiger partial charge in [-0.3, -0.25) is 4.79 Å². The molecule has 1 amide bonds. The number of hydrogen-bond acceptors (Lipinski definition) is 3. The molecule has 1 saturated heterocycles. The van der Waals surface area contributed by atoms with Crippen LogP contribution in [0.15, 0.2) is 46.9 Å². The molecule has 0 unspecified atom stereocenters. The Morgan fingerprint density at radius 3 is 2.53 bits per heavy atom. The minimum absolute atomic E-state index is 0.300. The Kier molecular flexibility index (Phi) is 11.0. The monoisotopic (exact) mass is 474 g/mol. The van der Waals surface area contributed by atoms with Gasteiger partial charge in [0.15, 0.2) is 0 Å². The van der Waals surface area contributed by atoms with E-state index in [4.69, 9.17) is 4.74 Å². The largest absolute Gasteiger partial charge is 0.490 e. The Bertz CT molecular complexity index is 775. The fourth-order valence-corrected chi connectivity index (χ4v) is 3.99. The maximum Gasteiger partial charge on any atom is 0.209 e. The fraction of sp³-hybridized carbons (Fsp3) is 0.480. The van der Waals surface area contributed by atoms with Crippen LogP contribution >= 0.6 is 15.9 Å². The molecule has 0 aliphatic carbocycles. The van der Waals surface area contributed by atoms with E-state index in [-0.39, 0.29) is 0 Å². The number of benzene rings is 2. The number of nitrogens with zero attached hydrogens (tertiary/aromatic N) is 1. The summed E-state index contributed by atoms with van der Waals surface area (Å²) in [5, 5.41) is 3.37. The van der Waals surface area contributed by atoms with Gasteiger partial charge in [-0.05, 0) is 86.7 Å². The topological polar surface area (TPSA) is 41.6 Å². The second-order valence-electron chi connectivity index (χ2n) is 7.43. The lowest BCUT2D eigenvalue weighted by Crippen LogP contribution is -2.34. The first-order valence-electron chi connectivity index (χ1n) is 11.0. The van der Waals surface area contributed by atoms with Crippen LogP contribution in [0.5, 0.6) is 5.75 Å². The first-order chi connectivity index (χ1) is 14.6. The average Bonchev–Trinajstić information content (AvgIpc) is 2.78. The third kappa shape index (κ3) is 8.11. The van der Waals surface area contributed by atoms with Crippen LogP contribution < -0.4 is 10.1 Å². The van der Waals surface area contributed by atoms with Crippen LogP contribution in [0.25, 0.3) is 0 Å². The SMILES string of the molecule is CC.Cc1ccc(OC2CCNCC2)cc1CCN(C=O)CCc1cccc(Br)c1. The van der Waals surface area contributed by atoms with E-state index in [9.17, 15) is 4.79 Å². The molecule has 2 aromatic carbocycles. The minimum atomic E-state index is 0.300. The highest BCUT2D eigenvalue weighted by Gasteiger charge is 2.15. The summed E-state index contributed by atoms with van der Waals surface area (Å²) in [5.74, 6) is 0.944. The van der Waals surface area contributed by atoms with Crippen LogP contribution in [0.4, 0.5) is 0 Å². The third-order valence-corrected chi connectivity index (χ3v) is 5.80. The summed E-state index contributed by atoms with van der Waals surface area (Å²) in [4.78, 5) is 13.4. The fourth-order valence-electron chi connectivity index (χ4n) is 3.54. The molecule has 1 aliphatic rings. The van der Waals surface area contributed by atoms with E-state index in [1.165, 1.54) is 16.7 Å². The van der Waals surface area contributed by atoms with Crippen LogP contribution in [0.3, 0.4) is 0 Å². The number of rotatable bonds is 9. The van der Waals surface area contributed by atoms with Crippen molar-refractivity contribution in [2.24, 2.45) is 0 Å². The number of aryl methyl sites for hydroxylation is 1. The second-order valence-corrected chi connectivity index (χ2v) is 8.34. The molecule has 0 aromatic heterocycles. The minimum Gasteiger partial charge on any atom is -0.490 e. The highest BCUT2D eigenvalue weighted by atomic mass is 79.9. The van der Waals surface area contributed by atoms with E-state index in [2.05, 4.69) is 58.5 Å². The molecule has 4 nitrogen and oxygen atoms in total. The molecule has 30 heavy (non-hydrogen) atoms. The number of carbonyl (C=O) groups excluding carboxylic acids is 1. The molecule has 0 spiro atoms. The Balaban J connectivity index is 0.00000155. The summed E-state index contributed by atoms with van der Waals surface area (Å²) >= 11 is 3.50. The van der Waals surface area contributed by atoms with Crippen molar-refractivity contribution in [3.05, 3.63) is 63.6 Å². The Hall–Kier alpha value is -1.85.